The van der Waals surface area contributed by atoms with Crippen LogP contribution in [-0.2, 0) is 6.54 Å². The van der Waals surface area contributed by atoms with Crippen LogP contribution in [-0.4, -0.2) is 20.4 Å². The van der Waals surface area contributed by atoms with Gasteiger partial charge in [0, 0.05) is 18.8 Å². The minimum atomic E-state index is -0.412. The molecule has 98 valence electrons. The highest BCUT2D eigenvalue weighted by atomic mass is 35.5. The molecule has 1 N–H and O–H groups in total. The van der Waals surface area contributed by atoms with Gasteiger partial charge in [0.15, 0.2) is 0 Å². The molecular formula is C12H11ClN4O2. The molecule has 2 heterocycles. The zero-order valence-corrected chi connectivity index (χ0v) is 10.9. The number of anilines is 1. The van der Waals surface area contributed by atoms with Gasteiger partial charge in [-0.1, -0.05) is 11.6 Å². The van der Waals surface area contributed by atoms with Gasteiger partial charge in [0.05, 0.1) is 18.1 Å². The first kappa shape index (κ1) is 13.2. The lowest BCUT2D eigenvalue weighted by Crippen LogP contribution is -2.20. The number of amides is 1. The molecule has 0 saturated carbocycles. The number of nitrogens with one attached hydrogen (secondary N) is 1. The Morgan fingerprint density at radius 2 is 2.16 bits per heavy atom. The Labute approximate surface area is 114 Å². The summed E-state index contributed by atoms with van der Waals surface area (Å²) in [5, 5.41) is 2.85. The predicted octanol–water partition coefficient (Wildman–Crippen LogP) is 1.56. The summed E-state index contributed by atoms with van der Waals surface area (Å²) in [4.78, 5) is 30.9. The highest BCUT2D eigenvalue weighted by Crippen LogP contribution is 2.07. The fraction of sp³-hybridized carbons (Fsp3) is 0.167. The number of hydrogen-bond acceptors (Lipinski definition) is 4. The number of aromatic nitrogens is 3. The van der Waals surface area contributed by atoms with E-state index in [1.807, 2.05) is 6.92 Å². The van der Waals surface area contributed by atoms with Crippen molar-refractivity contribution in [2.24, 2.45) is 0 Å². The molecule has 0 unspecified atom stereocenters. The summed E-state index contributed by atoms with van der Waals surface area (Å²) in [6.07, 6.45) is 4.15. The average molecular weight is 279 g/mol. The zero-order chi connectivity index (χ0) is 13.8. The Balaban J connectivity index is 2.19. The van der Waals surface area contributed by atoms with E-state index in [2.05, 4.69) is 15.3 Å². The molecule has 0 bridgehead atoms. The summed E-state index contributed by atoms with van der Waals surface area (Å²) in [6, 6.07) is 2.93. The van der Waals surface area contributed by atoms with Crippen LogP contribution in [0.15, 0.2) is 35.5 Å². The number of halogens is 1. The summed E-state index contributed by atoms with van der Waals surface area (Å²) in [7, 11) is 0. The van der Waals surface area contributed by atoms with Crippen LogP contribution < -0.4 is 10.9 Å². The lowest BCUT2D eigenvalue weighted by Gasteiger charge is -2.07. The summed E-state index contributed by atoms with van der Waals surface area (Å²) < 4.78 is 1.49. The molecule has 2 aromatic rings. The summed E-state index contributed by atoms with van der Waals surface area (Å²) in [5.41, 5.74) is 0.550. The van der Waals surface area contributed by atoms with Crippen molar-refractivity contribution in [3.8, 4) is 0 Å². The van der Waals surface area contributed by atoms with Gasteiger partial charge in [0.2, 0.25) is 0 Å². The fourth-order valence-electron chi connectivity index (χ4n) is 1.48. The van der Waals surface area contributed by atoms with Crippen molar-refractivity contribution < 1.29 is 4.79 Å². The molecular weight excluding hydrogens is 268 g/mol. The molecule has 0 aromatic carbocycles. The first-order chi connectivity index (χ1) is 9.10. The van der Waals surface area contributed by atoms with E-state index in [1.165, 1.54) is 29.1 Å². The summed E-state index contributed by atoms with van der Waals surface area (Å²) >= 11 is 5.59. The van der Waals surface area contributed by atoms with E-state index in [1.54, 1.807) is 6.20 Å². The van der Waals surface area contributed by atoms with Crippen LogP contribution in [0.25, 0.3) is 0 Å². The number of aryl methyl sites for hydroxylation is 1. The van der Waals surface area contributed by atoms with Crippen LogP contribution in [0.1, 0.15) is 17.4 Å². The van der Waals surface area contributed by atoms with Gasteiger partial charge in [-0.05, 0) is 13.0 Å². The highest BCUT2D eigenvalue weighted by molar-refractivity contribution is 6.29. The third-order valence-electron chi connectivity index (χ3n) is 2.43. The normalized spacial score (nSPS) is 10.2. The van der Waals surface area contributed by atoms with Gasteiger partial charge in [-0.2, -0.15) is 0 Å². The van der Waals surface area contributed by atoms with E-state index in [0.29, 0.717) is 12.2 Å². The van der Waals surface area contributed by atoms with E-state index in [0.717, 1.165) is 0 Å². The molecule has 2 aromatic heterocycles. The minimum Gasteiger partial charge on any atom is -0.319 e. The van der Waals surface area contributed by atoms with Gasteiger partial charge in [-0.3, -0.25) is 9.59 Å². The maximum absolute atomic E-state index is 11.9. The number of carbonyl (C=O) groups is 1. The topological polar surface area (TPSA) is 76.9 Å². The highest BCUT2D eigenvalue weighted by Gasteiger charge is 2.08. The Morgan fingerprint density at radius 1 is 1.37 bits per heavy atom. The van der Waals surface area contributed by atoms with Crippen molar-refractivity contribution in [3.63, 3.8) is 0 Å². The molecule has 19 heavy (non-hydrogen) atoms. The zero-order valence-electron chi connectivity index (χ0n) is 10.1. The molecule has 0 aliphatic rings. The number of hydrogen-bond donors (Lipinski definition) is 1. The SMILES string of the molecule is CCn1cc(NC(=O)c2cnc(Cl)cn2)ccc1=O. The molecule has 0 radical (unpaired) electrons. The van der Waals surface area contributed by atoms with Crippen molar-refractivity contribution in [2.75, 3.05) is 5.32 Å². The van der Waals surface area contributed by atoms with Crippen molar-refractivity contribution in [1.29, 1.82) is 0 Å². The molecule has 7 heteroatoms. The van der Waals surface area contributed by atoms with Gasteiger partial charge >= 0.3 is 0 Å². The molecule has 0 atom stereocenters. The molecule has 0 aliphatic carbocycles. The van der Waals surface area contributed by atoms with Gasteiger partial charge < -0.3 is 9.88 Å². The lowest BCUT2D eigenvalue weighted by atomic mass is 10.3. The molecule has 2 rings (SSSR count). The smallest absolute Gasteiger partial charge is 0.275 e. The molecule has 0 saturated heterocycles. The minimum absolute atomic E-state index is 0.119. The number of nitrogens with zero attached hydrogens (tertiary/aromatic N) is 3. The van der Waals surface area contributed by atoms with E-state index < -0.39 is 5.91 Å². The van der Waals surface area contributed by atoms with E-state index in [9.17, 15) is 9.59 Å². The van der Waals surface area contributed by atoms with Gasteiger partial charge in [-0.15, -0.1) is 0 Å². The third-order valence-corrected chi connectivity index (χ3v) is 2.63. The second kappa shape index (κ2) is 5.62. The quantitative estimate of drug-likeness (QED) is 0.924. The second-order valence-corrected chi connectivity index (χ2v) is 4.11. The van der Waals surface area contributed by atoms with E-state index in [4.69, 9.17) is 11.6 Å². The second-order valence-electron chi connectivity index (χ2n) is 3.72. The average Bonchev–Trinajstić information content (AvgIpc) is 2.41. The largest absolute Gasteiger partial charge is 0.319 e. The lowest BCUT2D eigenvalue weighted by molar-refractivity contribution is 0.102. The molecule has 6 nitrogen and oxygen atoms in total. The molecule has 1 amide bonds. The van der Waals surface area contributed by atoms with E-state index in [-0.39, 0.29) is 16.4 Å². The Kier molecular flexibility index (Phi) is 3.91. The van der Waals surface area contributed by atoms with Crippen molar-refractivity contribution in [1.82, 2.24) is 14.5 Å². The summed E-state index contributed by atoms with van der Waals surface area (Å²) in [6.45, 7) is 2.38. The number of rotatable bonds is 3. The van der Waals surface area contributed by atoms with Crippen LogP contribution >= 0.6 is 11.6 Å². The van der Waals surface area contributed by atoms with Gasteiger partial charge in [0.25, 0.3) is 11.5 Å². The van der Waals surface area contributed by atoms with Crippen LogP contribution in [0.5, 0.6) is 0 Å². The third kappa shape index (κ3) is 3.17. The molecule has 0 aliphatic heterocycles. The standard InChI is InChI=1S/C12H11ClN4O2/c1-2-17-7-8(3-4-11(17)18)16-12(19)9-5-15-10(13)6-14-9/h3-7H,2H2,1H3,(H,16,19). The predicted molar refractivity (Wildman–Crippen MR) is 71.4 cm³/mol. The van der Waals surface area contributed by atoms with E-state index >= 15 is 0 Å². The van der Waals surface area contributed by atoms with Crippen molar-refractivity contribution in [3.05, 3.63) is 51.9 Å². The maximum Gasteiger partial charge on any atom is 0.275 e. The van der Waals surface area contributed by atoms with Crippen LogP contribution in [0.3, 0.4) is 0 Å². The fourth-order valence-corrected chi connectivity index (χ4v) is 1.57. The summed E-state index contributed by atoms with van der Waals surface area (Å²) in [5.74, 6) is -0.412. The Bertz CT molecular complexity index is 652. The molecule has 0 spiro atoms. The number of pyridine rings is 1. The van der Waals surface area contributed by atoms with Crippen molar-refractivity contribution in [2.45, 2.75) is 13.5 Å². The van der Waals surface area contributed by atoms with Gasteiger partial charge in [0.1, 0.15) is 10.8 Å². The Morgan fingerprint density at radius 3 is 2.79 bits per heavy atom. The van der Waals surface area contributed by atoms with Crippen molar-refractivity contribution >= 4 is 23.2 Å². The maximum atomic E-state index is 11.9. The van der Waals surface area contributed by atoms with Crippen LogP contribution in [0, 0.1) is 0 Å². The first-order valence-electron chi connectivity index (χ1n) is 5.59. The van der Waals surface area contributed by atoms with Crippen LogP contribution in [0.4, 0.5) is 5.69 Å². The van der Waals surface area contributed by atoms with Gasteiger partial charge in [-0.25, -0.2) is 9.97 Å². The molecule has 0 fully saturated rings. The monoisotopic (exact) mass is 278 g/mol. The first-order valence-corrected chi connectivity index (χ1v) is 5.97. The Hall–Kier alpha value is -2.21. The number of carbonyl (C=O) groups excluding carboxylic acids is 1. The van der Waals surface area contributed by atoms with Crippen LogP contribution in [0.2, 0.25) is 5.15 Å².